The summed E-state index contributed by atoms with van der Waals surface area (Å²) >= 11 is 1.84. The molecular weight excluding hydrogens is 256 g/mol. The molecule has 1 unspecified atom stereocenters. The van der Waals surface area contributed by atoms with E-state index in [0.29, 0.717) is 12.3 Å². The highest BCUT2D eigenvalue weighted by Crippen LogP contribution is 2.36. The SMILES string of the molecule is CCCCN1N=C2c3ccccc3SCC2CC1=O. The molecule has 0 aromatic heterocycles. The van der Waals surface area contributed by atoms with Gasteiger partial charge in [0.2, 0.25) is 5.91 Å². The molecule has 1 aromatic rings. The maximum atomic E-state index is 12.1. The molecule has 3 nitrogen and oxygen atoms in total. The monoisotopic (exact) mass is 274 g/mol. The molecule has 0 saturated carbocycles. The van der Waals surface area contributed by atoms with Crippen molar-refractivity contribution in [3.8, 4) is 0 Å². The van der Waals surface area contributed by atoms with Gasteiger partial charge in [0.15, 0.2) is 0 Å². The molecule has 1 aromatic carbocycles. The second-order valence-electron chi connectivity index (χ2n) is 5.06. The van der Waals surface area contributed by atoms with E-state index in [-0.39, 0.29) is 5.91 Å². The summed E-state index contributed by atoms with van der Waals surface area (Å²) in [6.45, 7) is 2.89. The average molecular weight is 274 g/mol. The van der Waals surface area contributed by atoms with E-state index >= 15 is 0 Å². The van der Waals surface area contributed by atoms with Crippen LogP contribution >= 0.6 is 11.8 Å². The smallest absolute Gasteiger partial charge is 0.243 e. The highest BCUT2D eigenvalue weighted by molar-refractivity contribution is 7.99. The van der Waals surface area contributed by atoms with Gasteiger partial charge in [-0.3, -0.25) is 4.79 Å². The van der Waals surface area contributed by atoms with E-state index < -0.39 is 0 Å². The van der Waals surface area contributed by atoms with Crippen LogP contribution in [0.5, 0.6) is 0 Å². The summed E-state index contributed by atoms with van der Waals surface area (Å²) in [5.74, 6) is 1.45. The average Bonchev–Trinajstić information content (AvgIpc) is 2.45. The van der Waals surface area contributed by atoms with Crippen LogP contribution in [0.15, 0.2) is 34.3 Å². The molecule has 0 N–H and O–H groups in total. The minimum atomic E-state index is 0.183. The first-order valence-corrected chi connectivity index (χ1v) is 7.89. The predicted molar refractivity (Wildman–Crippen MR) is 78.4 cm³/mol. The first-order chi connectivity index (χ1) is 9.29. The number of hydrazone groups is 1. The van der Waals surface area contributed by atoms with Crippen molar-refractivity contribution in [2.24, 2.45) is 11.0 Å². The summed E-state index contributed by atoms with van der Waals surface area (Å²) in [7, 11) is 0. The third-order valence-electron chi connectivity index (χ3n) is 3.65. The van der Waals surface area contributed by atoms with Crippen LogP contribution in [0.3, 0.4) is 0 Å². The molecule has 3 rings (SSSR count). The number of hydrogen-bond acceptors (Lipinski definition) is 3. The number of amides is 1. The molecule has 4 heteroatoms. The molecule has 0 radical (unpaired) electrons. The lowest BCUT2D eigenvalue weighted by Crippen LogP contribution is -2.40. The van der Waals surface area contributed by atoms with Gasteiger partial charge >= 0.3 is 0 Å². The van der Waals surface area contributed by atoms with E-state index in [1.165, 1.54) is 10.5 Å². The summed E-state index contributed by atoms with van der Waals surface area (Å²) in [5, 5.41) is 6.33. The Labute approximate surface area is 118 Å². The summed E-state index contributed by atoms with van der Waals surface area (Å²) in [6.07, 6.45) is 2.72. The zero-order valence-electron chi connectivity index (χ0n) is 11.1. The fourth-order valence-corrected chi connectivity index (χ4v) is 3.73. The number of rotatable bonds is 3. The van der Waals surface area contributed by atoms with Crippen LogP contribution in [0.2, 0.25) is 0 Å². The fourth-order valence-electron chi connectivity index (χ4n) is 2.57. The lowest BCUT2D eigenvalue weighted by molar-refractivity contribution is -0.132. The van der Waals surface area contributed by atoms with Crippen LogP contribution in [0.4, 0.5) is 0 Å². The Hall–Kier alpha value is -1.29. The zero-order chi connectivity index (χ0) is 13.2. The molecule has 2 aliphatic rings. The molecule has 0 aliphatic carbocycles. The summed E-state index contributed by atoms with van der Waals surface area (Å²) < 4.78 is 0. The molecular formula is C15H18N2OS. The fraction of sp³-hybridized carbons (Fsp3) is 0.467. The van der Waals surface area contributed by atoms with Crippen molar-refractivity contribution >= 4 is 23.4 Å². The number of benzene rings is 1. The van der Waals surface area contributed by atoms with E-state index in [2.05, 4.69) is 36.3 Å². The largest absolute Gasteiger partial charge is 0.273 e. The minimum absolute atomic E-state index is 0.183. The number of fused-ring (bicyclic) bond motifs is 3. The van der Waals surface area contributed by atoms with Gasteiger partial charge in [0.05, 0.1) is 5.71 Å². The number of nitrogens with zero attached hydrogens (tertiary/aromatic N) is 2. The number of unbranched alkanes of at least 4 members (excludes halogenated alkanes) is 1. The number of carbonyl (C=O) groups excluding carboxylic acids is 1. The first kappa shape index (κ1) is 12.7. The Morgan fingerprint density at radius 1 is 1.42 bits per heavy atom. The van der Waals surface area contributed by atoms with Crippen LogP contribution < -0.4 is 0 Å². The van der Waals surface area contributed by atoms with Gasteiger partial charge in [-0.15, -0.1) is 11.8 Å². The molecule has 0 fully saturated rings. The van der Waals surface area contributed by atoms with Crippen LogP contribution in [0, 0.1) is 5.92 Å². The Bertz CT molecular complexity index is 527. The molecule has 1 amide bonds. The predicted octanol–water partition coefficient (Wildman–Crippen LogP) is 3.15. The van der Waals surface area contributed by atoms with Crippen LogP contribution in [0.1, 0.15) is 31.7 Å². The summed E-state index contributed by atoms with van der Waals surface area (Å²) in [5.41, 5.74) is 2.34. The topological polar surface area (TPSA) is 32.7 Å². The standard InChI is InChI=1S/C15H18N2OS/c1-2-3-8-17-14(18)9-11-10-19-13-7-5-4-6-12(13)15(11)16-17/h4-7,11H,2-3,8-10H2,1H3. The van der Waals surface area contributed by atoms with Gasteiger partial charge in [-0.1, -0.05) is 31.5 Å². The Kier molecular flexibility index (Phi) is 3.60. The number of hydrogen-bond donors (Lipinski definition) is 0. The molecule has 2 heterocycles. The zero-order valence-corrected chi connectivity index (χ0v) is 11.9. The summed E-state index contributed by atoms with van der Waals surface area (Å²) in [6, 6.07) is 8.39. The molecule has 1 atom stereocenters. The molecule has 2 aliphatic heterocycles. The van der Waals surface area contributed by atoms with Crippen LogP contribution in [0.25, 0.3) is 0 Å². The summed E-state index contributed by atoms with van der Waals surface area (Å²) in [4.78, 5) is 13.4. The second-order valence-corrected chi connectivity index (χ2v) is 6.13. The normalized spacial score (nSPS) is 21.7. The van der Waals surface area contributed by atoms with E-state index in [1.807, 2.05) is 11.8 Å². The molecule has 19 heavy (non-hydrogen) atoms. The third-order valence-corrected chi connectivity index (χ3v) is 4.89. The van der Waals surface area contributed by atoms with Gasteiger partial charge in [0.1, 0.15) is 0 Å². The van der Waals surface area contributed by atoms with E-state index in [9.17, 15) is 4.79 Å². The van der Waals surface area contributed by atoms with Gasteiger partial charge in [0.25, 0.3) is 0 Å². The van der Waals surface area contributed by atoms with Crippen LogP contribution in [-0.4, -0.2) is 28.9 Å². The van der Waals surface area contributed by atoms with E-state index in [0.717, 1.165) is 30.9 Å². The quantitative estimate of drug-likeness (QED) is 0.848. The van der Waals surface area contributed by atoms with Gasteiger partial charge in [-0.05, 0) is 12.5 Å². The molecule has 0 bridgehead atoms. The van der Waals surface area contributed by atoms with Gasteiger partial charge < -0.3 is 0 Å². The van der Waals surface area contributed by atoms with Crippen molar-refractivity contribution in [3.63, 3.8) is 0 Å². The maximum absolute atomic E-state index is 12.1. The first-order valence-electron chi connectivity index (χ1n) is 6.90. The van der Waals surface area contributed by atoms with Gasteiger partial charge in [-0.2, -0.15) is 5.10 Å². The maximum Gasteiger partial charge on any atom is 0.243 e. The Morgan fingerprint density at radius 3 is 3.11 bits per heavy atom. The van der Waals surface area contributed by atoms with Gasteiger partial charge in [-0.25, -0.2) is 5.01 Å². The van der Waals surface area contributed by atoms with Crippen molar-refractivity contribution in [2.75, 3.05) is 12.3 Å². The molecule has 0 spiro atoms. The van der Waals surface area contributed by atoms with Gasteiger partial charge in [0, 0.05) is 35.1 Å². The van der Waals surface area contributed by atoms with E-state index in [4.69, 9.17) is 0 Å². The molecule has 100 valence electrons. The number of carbonyl (C=O) groups is 1. The lowest BCUT2D eigenvalue weighted by Gasteiger charge is -2.32. The third kappa shape index (κ3) is 2.41. The van der Waals surface area contributed by atoms with Crippen molar-refractivity contribution in [3.05, 3.63) is 29.8 Å². The minimum Gasteiger partial charge on any atom is -0.273 e. The Morgan fingerprint density at radius 2 is 2.26 bits per heavy atom. The second kappa shape index (κ2) is 5.37. The van der Waals surface area contributed by atoms with E-state index in [1.54, 1.807) is 5.01 Å². The van der Waals surface area contributed by atoms with Crippen molar-refractivity contribution in [1.82, 2.24) is 5.01 Å². The number of thioether (sulfide) groups is 1. The highest BCUT2D eigenvalue weighted by atomic mass is 32.2. The van der Waals surface area contributed by atoms with Crippen molar-refractivity contribution < 1.29 is 4.79 Å². The highest BCUT2D eigenvalue weighted by Gasteiger charge is 2.33. The van der Waals surface area contributed by atoms with Crippen molar-refractivity contribution in [1.29, 1.82) is 0 Å². The van der Waals surface area contributed by atoms with Crippen LogP contribution in [-0.2, 0) is 4.79 Å². The lowest BCUT2D eigenvalue weighted by atomic mass is 9.93. The Balaban J connectivity index is 1.94. The molecule has 0 saturated heterocycles. The van der Waals surface area contributed by atoms with Crippen molar-refractivity contribution in [2.45, 2.75) is 31.1 Å².